The van der Waals surface area contributed by atoms with Gasteiger partial charge in [-0.1, -0.05) is 82.6 Å². The van der Waals surface area contributed by atoms with E-state index in [1.807, 2.05) is 18.2 Å². The topological polar surface area (TPSA) is 66.8 Å². The quantitative estimate of drug-likeness (QED) is 0.145. The van der Waals surface area contributed by atoms with Crippen molar-refractivity contribution in [2.24, 2.45) is 0 Å². The standard InChI is InChI=1S/C20H36O4/c1-2-3-13-16-19(24-23)17-14-11-9-7-5-4-6-8-10-12-15-18-20(21)22/h9,11,14,17,19,23H,2-8,10,12-13,15-16,18H2,1H3,(H,21,22)/t19-/m0/s1. The predicted octanol–water partition coefficient (Wildman–Crippen LogP) is 6.13. The van der Waals surface area contributed by atoms with Gasteiger partial charge < -0.3 is 5.11 Å². The molecule has 0 heterocycles. The molecule has 0 rings (SSSR count). The highest BCUT2D eigenvalue weighted by molar-refractivity contribution is 5.66. The van der Waals surface area contributed by atoms with Gasteiger partial charge in [0.1, 0.15) is 6.10 Å². The Bertz CT molecular complexity index is 337. The van der Waals surface area contributed by atoms with Gasteiger partial charge >= 0.3 is 5.97 Å². The van der Waals surface area contributed by atoms with Crippen LogP contribution in [0.1, 0.15) is 90.4 Å². The lowest BCUT2D eigenvalue weighted by Gasteiger charge is -2.07. The number of rotatable bonds is 17. The average Bonchev–Trinajstić information content (AvgIpc) is 2.57. The van der Waals surface area contributed by atoms with E-state index < -0.39 is 5.97 Å². The van der Waals surface area contributed by atoms with E-state index in [0.29, 0.717) is 6.42 Å². The van der Waals surface area contributed by atoms with Gasteiger partial charge in [-0.2, -0.15) is 0 Å². The van der Waals surface area contributed by atoms with E-state index in [4.69, 9.17) is 10.4 Å². The molecule has 0 unspecified atom stereocenters. The maximum Gasteiger partial charge on any atom is 0.303 e. The lowest BCUT2D eigenvalue weighted by Crippen LogP contribution is -2.06. The molecule has 0 radical (unpaired) electrons. The third kappa shape index (κ3) is 17.2. The molecule has 0 saturated heterocycles. The first-order chi connectivity index (χ1) is 11.7. The maximum absolute atomic E-state index is 10.4. The SMILES string of the molecule is CCCCC[C@@H](C=CC=CCCCCCCCCCC(=O)O)OO. The summed E-state index contributed by atoms with van der Waals surface area (Å²) in [5.74, 6) is -0.686. The fourth-order valence-electron chi connectivity index (χ4n) is 2.56. The summed E-state index contributed by atoms with van der Waals surface area (Å²) in [7, 11) is 0. The second kappa shape index (κ2) is 18.2. The molecule has 24 heavy (non-hydrogen) atoms. The van der Waals surface area contributed by atoms with Crippen LogP contribution in [0.15, 0.2) is 24.3 Å². The molecule has 0 spiro atoms. The molecular weight excluding hydrogens is 304 g/mol. The van der Waals surface area contributed by atoms with Gasteiger partial charge in [-0.15, -0.1) is 0 Å². The number of unbranched alkanes of at least 4 members (excludes halogenated alkanes) is 9. The van der Waals surface area contributed by atoms with Crippen LogP contribution in [0.25, 0.3) is 0 Å². The fraction of sp³-hybridized carbons (Fsp3) is 0.750. The molecule has 1 atom stereocenters. The van der Waals surface area contributed by atoms with Crippen LogP contribution < -0.4 is 0 Å². The summed E-state index contributed by atoms with van der Waals surface area (Å²) in [6, 6.07) is 0. The number of hydrogen-bond acceptors (Lipinski definition) is 3. The van der Waals surface area contributed by atoms with E-state index in [2.05, 4.69) is 17.9 Å². The van der Waals surface area contributed by atoms with Crippen molar-refractivity contribution in [3.05, 3.63) is 24.3 Å². The fourth-order valence-corrected chi connectivity index (χ4v) is 2.56. The van der Waals surface area contributed by atoms with E-state index in [-0.39, 0.29) is 6.10 Å². The summed E-state index contributed by atoms with van der Waals surface area (Å²) >= 11 is 0. The molecule has 0 aromatic heterocycles. The van der Waals surface area contributed by atoms with E-state index in [0.717, 1.165) is 38.5 Å². The highest BCUT2D eigenvalue weighted by Crippen LogP contribution is 2.10. The minimum atomic E-state index is -0.686. The zero-order valence-electron chi connectivity index (χ0n) is 15.3. The Kier molecular flexibility index (Phi) is 17.4. The van der Waals surface area contributed by atoms with Crippen LogP contribution in [0, 0.1) is 0 Å². The van der Waals surface area contributed by atoms with Crippen LogP contribution in [-0.4, -0.2) is 22.4 Å². The summed E-state index contributed by atoms with van der Waals surface area (Å²) in [4.78, 5) is 14.8. The van der Waals surface area contributed by atoms with Gasteiger partial charge in [0.25, 0.3) is 0 Å². The number of aliphatic carboxylic acids is 1. The molecule has 4 heteroatoms. The molecule has 0 aromatic carbocycles. The van der Waals surface area contributed by atoms with E-state index in [1.54, 1.807) is 0 Å². The summed E-state index contributed by atoms with van der Waals surface area (Å²) in [5, 5.41) is 17.4. The predicted molar refractivity (Wildman–Crippen MR) is 99.1 cm³/mol. The summed E-state index contributed by atoms with van der Waals surface area (Å²) < 4.78 is 0. The van der Waals surface area contributed by atoms with Gasteiger partial charge in [-0.3, -0.25) is 10.1 Å². The molecular formula is C20H36O4. The number of carboxylic acids is 1. The summed E-state index contributed by atoms with van der Waals surface area (Å²) in [5.41, 5.74) is 0. The molecule has 0 aliphatic carbocycles. The molecule has 0 aromatic rings. The van der Waals surface area contributed by atoms with Crippen molar-refractivity contribution in [3.8, 4) is 0 Å². The zero-order chi connectivity index (χ0) is 17.9. The molecule has 2 N–H and O–H groups in total. The van der Waals surface area contributed by atoms with E-state index in [9.17, 15) is 4.79 Å². The number of hydrogen-bond donors (Lipinski definition) is 2. The zero-order valence-corrected chi connectivity index (χ0v) is 15.3. The Morgan fingerprint density at radius 3 is 2.25 bits per heavy atom. The van der Waals surface area contributed by atoms with Crippen molar-refractivity contribution in [2.75, 3.05) is 0 Å². The first-order valence-electron chi connectivity index (χ1n) is 9.56. The van der Waals surface area contributed by atoms with Gasteiger partial charge in [-0.05, 0) is 25.7 Å². The lowest BCUT2D eigenvalue weighted by molar-refractivity contribution is -0.267. The molecule has 4 nitrogen and oxygen atoms in total. The number of carboxylic acid groups (broad SMARTS) is 1. The minimum absolute atomic E-state index is 0.192. The Morgan fingerprint density at radius 1 is 0.958 bits per heavy atom. The van der Waals surface area contributed by atoms with Crippen LogP contribution in [0.4, 0.5) is 0 Å². The van der Waals surface area contributed by atoms with Gasteiger partial charge in [-0.25, -0.2) is 4.89 Å². The molecule has 0 aliphatic rings. The molecule has 0 aliphatic heterocycles. The van der Waals surface area contributed by atoms with Crippen LogP contribution in [0.3, 0.4) is 0 Å². The second-order valence-electron chi connectivity index (χ2n) is 6.36. The van der Waals surface area contributed by atoms with E-state index in [1.165, 1.54) is 38.5 Å². The highest BCUT2D eigenvalue weighted by atomic mass is 17.1. The first-order valence-corrected chi connectivity index (χ1v) is 9.56. The van der Waals surface area contributed by atoms with Crippen molar-refractivity contribution in [1.29, 1.82) is 0 Å². The van der Waals surface area contributed by atoms with E-state index >= 15 is 0 Å². The van der Waals surface area contributed by atoms with Gasteiger partial charge in [0.15, 0.2) is 0 Å². The van der Waals surface area contributed by atoms with Crippen LogP contribution in [-0.2, 0) is 9.68 Å². The molecule has 140 valence electrons. The Hall–Kier alpha value is -1.13. The monoisotopic (exact) mass is 340 g/mol. The second-order valence-corrected chi connectivity index (χ2v) is 6.36. The summed E-state index contributed by atoms with van der Waals surface area (Å²) in [6.07, 6.45) is 21.3. The van der Waals surface area contributed by atoms with Gasteiger partial charge in [0.2, 0.25) is 0 Å². The van der Waals surface area contributed by atoms with Crippen LogP contribution in [0.5, 0.6) is 0 Å². The van der Waals surface area contributed by atoms with Crippen molar-refractivity contribution in [2.45, 2.75) is 96.5 Å². The van der Waals surface area contributed by atoms with Gasteiger partial charge in [0.05, 0.1) is 0 Å². The van der Waals surface area contributed by atoms with Crippen LogP contribution >= 0.6 is 0 Å². The number of allylic oxidation sites excluding steroid dienone is 3. The van der Waals surface area contributed by atoms with Crippen molar-refractivity contribution in [1.82, 2.24) is 0 Å². The molecule has 0 bridgehead atoms. The van der Waals surface area contributed by atoms with Crippen LogP contribution in [0.2, 0.25) is 0 Å². The maximum atomic E-state index is 10.4. The lowest BCUT2D eigenvalue weighted by atomic mass is 10.1. The average molecular weight is 341 g/mol. The Morgan fingerprint density at radius 2 is 1.62 bits per heavy atom. The smallest absolute Gasteiger partial charge is 0.303 e. The van der Waals surface area contributed by atoms with Crippen molar-refractivity contribution < 1.29 is 20.0 Å². The molecule has 0 fully saturated rings. The summed E-state index contributed by atoms with van der Waals surface area (Å²) in [6.45, 7) is 2.16. The Balaban J connectivity index is 3.44. The number of carbonyl (C=O) groups is 1. The third-order valence-corrected chi connectivity index (χ3v) is 4.06. The van der Waals surface area contributed by atoms with Crippen molar-refractivity contribution in [3.63, 3.8) is 0 Å². The third-order valence-electron chi connectivity index (χ3n) is 4.06. The Labute approximate surface area is 147 Å². The molecule has 0 amide bonds. The molecule has 0 saturated carbocycles. The first kappa shape index (κ1) is 22.9. The minimum Gasteiger partial charge on any atom is -0.481 e. The van der Waals surface area contributed by atoms with Gasteiger partial charge in [0, 0.05) is 6.42 Å². The normalized spacial score (nSPS) is 13.1. The largest absolute Gasteiger partial charge is 0.481 e. The highest BCUT2D eigenvalue weighted by Gasteiger charge is 2.02. The van der Waals surface area contributed by atoms with Crippen molar-refractivity contribution >= 4 is 5.97 Å².